The van der Waals surface area contributed by atoms with Crippen molar-refractivity contribution < 1.29 is 4.42 Å². The molecule has 69 heavy (non-hydrogen) atoms. The highest BCUT2D eigenvalue weighted by molar-refractivity contribution is 6.19. The van der Waals surface area contributed by atoms with E-state index in [2.05, 4.69) is 252 Å². The van der Waals surface area contributed by atoms with Crippen molar-refractivity contribution in [2.75, 3.05) is 4.90 Å². The molecule has 0 aliphatic rings. The lowest BCUT2D eigenvalue weighted by molar-refractivity contribution is 0.669. The van der Waals surface area contributed by atoms with Gasteiger partial charge in [0.05, 0.1) is 11.0 Å². The highest BCUT2D eigenvalue weighted by Crippen LogP contribution is 2.43. The average Bonchev–Trinajstić information content (AvgIpc) is 3.98. The van der Waals surface area contributed by atoms with E-state index in [4.69, 9.17) is 4.42 Å². The van der Waals surface area contributed by atoms with E-state index in [1.54, 1.807) is 0 Å². The molecule has 0 saturated heterocycles. The van der Waals surface area contributed by atoms with Crippen molar-refractivity contribution in [3.8, 4) is 39.1 Å². The number of anilines is 3. The van der Waals surface area contributed by atoms with Crippen LogP contribution in [0.4, 0.5) is 17.1 Å². The molecule has 0 bridgehead atoms. The zero-order valence-corrected chi connectivity index (χ0v) is 37.6. The minimum absolute atomic E-state index is 0.897. The minimum atomic E-state index is 0.897. The zero-order valence-electron chi connectivity index (χ0n) is 37.6. The third kappa shape index (κ3) is 6.43. The van der Waals surface area contributed by atoms with Crippen LogP contribution >= 0.6 is 0 Å². The molecule has 0 aliphatic heterocycles. The number of nitrogens with zero attached hydrogens (tertiary/aromatic N) is 2. The number of benzene rings is 12. The van der Waals surface area contributed by atoms with Crippen LogP contribution < -0.4 is 4.90 Å². The molecule has 12 aromatic carbocycles. The van der Waals surface area contributed by atoms with Crippen LogP contribution in [0.15, 0.2) is 259 Å². The molecular formula is C66H42N2O. The second-order valence-corrected chi connectivity index (χ2v) is 18.1. The summed E-state index contributed by atoms with van der Waals surface area (Å²) in [5, 5.41) is 12.3. The molecule has 322 valence electrons. The van der Waals surface area contributed by atoms with Gasteiger partial charge in [0, 0.05) is 49.7 Å². The predicted molar refractivity (Wildman–Crippen MR) is 292 cm³/mol. The second kappa shape index (κ2) is 15.7. The largest absolute Gasteiger partial charge is 0.456 e. The summed E-state index contributed by atoms with van der Waals surface area (Å²) in [6.45, 7) is 0. The monoisotopic (exact) mass is 878 g/mol. The van der Waals surface area contributed by atoms with Crippen LogP contribution in [-0.2, 0) is 0 Å². The Morgan fingerprint density at radius 2 is 0.812 bits per heavy atom. The Balaban J connectivity index is 0.873. The molecule has 14 rings (SSSR count). The molecule has 0 spiro atoms. The molecular weight excluding hydrogens is 837 g/mol. The number of hydrogen-bond donors (Lipinski definition) is 0. The molecule has 0 unspecified atom stereocenters. The predicted octanol–water partition coefficient (Wildman–Crippen LogP) is 18.6. The van der Waals surface area contributed by atoms with E-state index in [-0.39, 0.29) is 0 Å². The topological polar surface area (TPSA) is 21.3 Å². The van der Waals surface area contributed by atoms with Crippen LogP contribution in [0.25, 0.3) is 115 Å². The van der Waals surface area contributed by atoms with Crippen molar-refractivity contribution in [2.24, 2.45) is 0 Å². The fourth-order valence-corrected chi connectivity index (χ4v) is 10.8. The van der Waals surface area contributed by atoms with Gasteiger partial charge in [0.2, 0.25) is 0 Å². The van der Waals surface area contributed by atoms with Crippen molar-refractivity contribution in [1.82, 2.24) is 4.57 Å². The van der Waals surface area contributed by atoms with Gasteiger partial charge < -0.3 is 13.9 Å². The maximum Gasteiger partial charge on any atom is 0.136 e. The highest BCUT2D eigenvalue weighted by Gasteiger charge is 2.19. The number of furan rings is 1. The minimum Gasteiger partial charge on any atom is -0.456 e. The first-order valence-corrected chi connectivity index (χ1v) is 23.6. The number of fused-ring (bicyclic) bond motifs is 11. The van der Waals surface area contributed by atoms with Crippen LogP contribution in [0.1, 0.15) is 0 Å². The molecule has 2 aromatic heterocycles. The first kappa shape index (κ1) is 39.0. The third-order valence-electron chi connectivity index (χ3n) is 14.2. The lowest BCUT2D eigenvalue weighted by Gasteiger charge is -2.26. The van der Waals surface area contributed by atoms with Crippen LogP contribution in [0.3, 0.4) is 0 Å². The number of para-hydroxylation sites is 2. The fourth-order valence-electron chi connectivity index (χ4n) is 10.8. The summed E-state index contributed by atoms with van der Waals surface area (Å²) in [7, 11) is 0. The van der Waals surface area contributed by atoms with Crippen molar-refractivity contribution in [2.45, 2.75) is 0 Å². The molecule has 0 saturated carbocycles. The Bertz CT molecular complexity index is 4280. The van der Waals surface area contributed by atoms with Crippen molar-refractivity contribution in [3.63, 3.8) is 0 Å². The summed E-state index contributed by atoms with van der Waals surface area (Å²) >= 11 is 0. The first-order valence-electron chi connectivity index (χ1n) is 23.6. The van der Waals surface area contributed by atoms with Crippen molar-refractivity contribution in [1.29, 1.82) is 0 Å². The molecule has 0 atom stereocenters. The Hall–Kier alpha value is -9.18. The van der Waals surface area contributed by atoms with Crippen LogP contribution in [0, 0.1) is 0 Å². The number of aromatic nitrogens is 1. The molecule has 3 heteroatoms. The lowest BCUT2D eigenvalue weighted by atomic mass is 9.97. The van der Waals surface area contributed by atoms with Gasteiger partial charge in [0.25, 0.3) is 0 Å². The molecule has 14 aromatic rings. The van der Waals surface area contributed by atoms with Gasteiger partial charge in [-0.25, -0.2) is 0 Å². The summed E-state index contributed by atoms with van der Waals surface area (Å²) in [4.78, 5) is 2.36. The quantitative estimate of drug-likeness (QED) is 0.149. The zero-order chi connectivity index (χ0) is 45.4. The standard InChI is InChI=1S/C66H42N2O/c1-2-13-51(14-3-1)68-62-42-50(32-39-58(62)59-40-31-46-12-5-7-16-57(46)66(59)68)44-27-35-53(36-28-44)67(54-37-29-47(30-38-54)56-18-10-20-64-65(56)60-17-8-9-19-63(60)69-64)52-33-25-43(26-34-52)49-24-23-48-22-21-45-11-4-6-15-55(45)61(48)41-49/h1-42H. The van der Waals surface area contributed by atoms with Gasteiger partial charge in [-0.1, -0.05) is 182 Å². The van der Waals surface area contributed by atoms with Crippen molar-refractivity contribution in [3.05, 3.63) is 255 Å². The van der Waals surface area contributed by atoms with Crippen LogP contribution in [-0.4, -0.2) is 4.57 Å². The molecule has 0 radical (unpaired) electrons. The summed E-state index contributed by atoms with van der Waals surface area (Å²) in [6.07, 6.45) is 0. The Morgan fingerprint density at radius 1 is 0.304 bits per heavy atom. The Morgan fingerprint density at radius 3 is 1.54 bits per heavy atom. The summed E-state index contributed by atoms with van der Waals surface area (Å²) in [5.74, 6) is 0. The SMILES string of the molecule is c1ccc(-n2c3cc(-c4ccc(N(c5ccc(-c6ccc7ccc8ccccc8c7c6)cc5)c5ccc(-c6cccc7oc8ccccc8c67)cc5)cc4)ccc3c3ccc4ccccc4c32)cc1. The van der Waals surface area contributed by atoms with Gasteiger partial charge in [-0.15, -0.1) is 0 Å². The van der Waals surface area contributed by atoms with Gasteiger partial charge >= 0.3 is 0 Å². The lowest BCUT2D eigenvalue weighted by Crippen LogP contribution is -2.09. The van der Waals surface area contributed by atoms with Gasteiger partial charge in [-0.3, -0.25) is 0 Å². The molecule has 2 heterocycles. The van der Waals surface area contributed by atoms with E-state index < -0.39 is 0 Å². The Kier molecular flexibility index (Phi) is 8.90. The van der Waals surface area contributed by atoms with Gasteiger partial charge in [-0.2, -0.15) is 0 Å². The normalized spacial score (nSPS) is 11.8. The smallest absolute Gasteiger partial charge is 0.136 e. The van der Waals surface area contributed by atoms with E-state index in [0.29, 0.717) is 0 Å². The summed E-state index contributed by atoms with van der Waals surface area (Å²) in [5.41, 5.74) is 15.6. The van der Waals surface area contributed by atoms with E-state index in [9.17, 15) is 0 Å². The third-order valence-corrected chi connectivity index (χ3v) is 14.2. The van der Waals surface area contributed by atoms with E-state index in [0.717, 1.165) is 61.4 Å². The van der Waals surface area contributed by atoms with E-state index in [1.807, 2.05) is 12.1 Å². The van der Waals surface area contributed by atoms with Gasteiger partial charge in [0.15, 0.2) is 0 Å². The van der Waals surface area contributed by atoms with E-state index in [1.165, 1.54) is 70.8 Å². The molecule has 0 amide bonds. The van der Waals surface area contributed by atoms with Crippen molar-refractivity contribution >= 4 is 93.1 Å². The molecule has 0 fully saturated rings. The Labute approximate surface area is 399 Å². The molecule has 0 aliphatic carbocycles. The fraction of sp³-hybridized carbons (Fsp3) is 0. The number of rotatable bonds is 7. The average molecular weight is 879 g/mol. The maximum atomic E-state index is 6.28. The molecule has 3 nitrogen and oxygen atoms in total. The van der Waals surface area contributed by atoms with Gasteiger partial charge in [0.1, 0.15) is 11.2 Å². The first-order chi connectivity index (χ1) is 34.2. The second-order valence-electron chi connectivity index (χ2n) is 18.1. The van der Waals surface area contributed by atoms with Gasteiger partial charge in [-0.05, 0) is 133 Å². The summed E-state index contributed by atoms with van der Waals surface area (Å²) in [6, 6.07) is 92.5. The number of hydrogen-bond acceptors (Lipinski definition) is 2. The van der Waals surface area contributed by atoms with E-state index >= 15 is 0 Å². The highest BCUT2D eigenvalue weighted by atomic mass is 16.3. The summed E-state index contributed by atoms with van der Waals surface area (Å²) < 4.78 is 8.72. The van der Waals surface area contributed by atoms with Crippen LogP contribution in [0.2, 0.25) is 0 Å². The maximum absolute atomic E-state index is 6.28. The van der Waals surface area contributed by atoms with Crippen LogP contribution in [0.5, 0.6) is 0 Å². The molecule has 0 N–H and O–H groups in total.